The monoisotopic (exact) mass is 196 g/mol. The molecule has 2 rings (SSSR count). The van der Waals surface area contributed by atoms with Crippen LogP contribution in [-0.4, -0.2) is 17.5 Å². The fourth-order valence-electron chi connectivity index (χ4n) is 1.52. The molecule has 0 spiro atoms. The highest BCUT2D eigenvalue weighted by atomic mass is 19.1. The minimum absolute atomic E-state index is 0.145. The predicted molar refractivity (Wildman–Crippen MR) is 47.2 cm³/mol. The Hall–Kier alpha value is -1.58. The molecule has 3 nitrogen and oxygen atoms in total. The average molecular weight is 196 g/mol. The third-order valence-corrected chi connectivity index (χ3v) is 2.31. The lowest BCUT2D eigenvalue weighted by Crippen LogP contribution is -2.16. The number of phenolic OH excluding ortho intramolecular Hbond substituents is 1. The van der Waals surface area contributed by atoms with Gasteiger partial charge in [0.05, 0.1) is 12.2 Å². The Balaban J connectivity index is 2.69. The summed E-state index contributed by atoms with van der Waals surface area (Å²) >= 11 is 0. The SMILES string of the molecule is Cc1c(O)c(F)cc2c1OCCC2=O. The number of halogens is 1. The molecule has 1 aliphatic heterocycles. The Bertz CT molecular complexity index is 412. The largest absolute Gasteiger partial charge is 0.505 e. The Morgan fingerprint density at radius 2 is 2.29 bits per heavy atom. The maximum atomic E-state index is 13.1. The minimum Gasteiger partial charge on any atom is -0.505 e. The summed E-state index contributed by atoms with van der Waals surface area (Å²) in [5, 5.41) is 9.28. The van der Waals surface area contributed by atoms with Crippen molar-refractivity contribution >= 4 is 5.78 Å². The van der Waals surface area contributed by atoms with E-state index in [1.54, 1.807) is 0 Å². The van der Waals surface area contributed by atoms with Crippen molar-refractivity contribution in [2.75, 3.05) is 6.61 Å². The molecule has 0 radical (unpaired) electrons. The van der Waals surface area contributed by atoms with Gasteiger partial charge < -0.3 is 9.84 Å². The second kappa shape index (κ2) is 2.97. The zero-order valence-electron chi connectivity index (χ0n) is 7.63. The van der Waals surface area contributed by atoms with Crippen molar-refractivity contribution in [3.63, 3.8) is 0 Å². The van der Waals surface area contributed by atoms with E-state index in [4.69, 9.17) is 4.74 Å². The van der Waals surface area contributed by atoms with Crippen LogP contribution < -0.4 is 4.74 Å². The molecule has 1 aromatic rings. The molecule has 0 bridgehead atoms. The number of phenols is 1. The van der Waals surface area contributed by atoms with E-state index in [0.717, 1.165) is 6.07 Å². The van der Waals surface area contributed by atoms with Crippen molar-refractivity contribution in [1.82, 2.24) is 0 Å². The third-order valence-electron chi connectivity index (χ3n) is 2.31. The summed E-state index contributed by atoms with van der Waals surface area (Å²) in [6.07, 6.45) is 0.261. The predicted octanol–water partition coefficient (Wildman–Crippen LogP) is 1.80. The average Bonchev–Trinajstić information content (AvgIpc) is 2.17. The number of hydrogen-bond acceptors (Lipinski definition) is 3. The van der Waals surface area contributed by atoms with Gasteiger partial charge in [-0.15, -0.1) is 0 Å². The van der Waals surface area contributed by atoms with Gasteiger partial charge in [0, 0.05) is 12.0 Å². The normalized spacial score (nSPS) is 14.9. The van der Waals surface area contributed by atoms with Gasteiger partial charge in [-0.1, -0.05) is 0 Å². The number of benzene rings is 1. The van der Waals surface area contributed by atoms with E-state index in [1.165, 1.54) is 6.92 Å². The number of Topliss-reactive ketones (excluding diaryl/α,β-unsaturated/α-hetero) is 1. The van der Waals surface area contributed by atoms with Gasteiger partial charge in [-0.3, -0.25) is 4.79 Å². The van der Waals surface area contributed by atoms with Crippen molar-refractivity contribution in [3.05, 3.63) is 23.0 Å². The molecule has 0 amide bonds. The fraction of sp³-hybridized carbons (Fsp3) is 0.300. The summed E-state index contributed by atoms with van der Waals surface area (Å²) in [4.78, 5) is 11.4. The van der Waals surface area contributed by atoms with Gasteiger partial charge in [-0.05, 0) is 13.0 Å². The number of carbonyl (C=O) groups is 1. The van der Waals surface area contributed by atoms with Crippen molar-refractivity contribution in [3.8, 4) is 11.5 Å². The van der Waals surface area contributed by atoms with Gasteiger partial charge in [-0.25, -0.2) is 4.39 Å². The van der Waals surface area contributed by atoms with Crippen molar-refractivity contribution in [2.45, 2.75) is 13.3 Å². The lowest BCUT2D eigenvalue weighted by Gasteiger charge is -2.19. The number of hydrogen-bond donors (Lipinski definition) is 1. The van der Waals surface area contributed by atoms with Gasteiger partial charge in [0.15, 0.2) is 17.3 Å². The number of rotatable bonds is 0. The van der Waals surface area contributed by atoms with Crippen molar-refractivity contribution in [1.29, 1.82) is 0 Å². The number of carbonyl (C=O) groups excluding carboxylic acids is 1. The topological polar surface area (TPSA) is 46.5 Å². The zero-order valence-corrected chi connectivity index (χ0v) is 7.63. The Morgan fingerprint density at radius 3 is 3.00 bits per heavy atom. The van der Waals surface area contributed by atoms with Crippen LogP contribution in [0.1, 0.15) is 22.3 Å². The molecule has 0 saturated carbocycles. The lowest BCUT2D eigenvalue weighted by molar-refractivity contribution is 0.0931. The first-order valence-corrected chi connectivity index (χ1v) is 4.29. The van der Waals surface area contributed by atoms with Crippen LogP contribution in [0.2, 0.25) is 0 Å². The molecule has 0 aliphatic carbocycles. The highest BCUT2D eigenvalue weighted by Crippen LogP contribution is 2.35. The molecule has 74 valence electrons. The van der Waals surface area contributed by atoms with Crippen LogP contribution in [0.25, 0.3) is 0 Å². The summed E-state index contributed by atoms with van der Waals surface area (Å²) in [6.45, 7) is 1.81. The molecule has 1 aromatic carbocycles. The summed E-state index contributed by atoms with van der Waals surface area (Å²) in [7, 11) is 0. The van der Waals surface area contributed by atoms with Crippen molar-refractivity contribution < 1.29 is 19.0 Å². The van der Waals surface area contributed by atoms with E-state index in [0.29, 0.717) is 5.75 Å². The Morgan fingerprint density at radius 1 is 1.57 bits per heavy atom. The van der Waals surface area contributed by atoms with Gasteiger partial charge in [-0.2, -0.15) is 0 Å². The highest BCUT2D eigenvalue weighted by molar-refractivity contribution is 6.00. The van der Waals surface area contributed by atoms with E-state index in [1.807, 2.05) is 0 Å². The second-order valence-corrected chi connectivity index (χ2v) is 3.23. The molecular formula is C10H9FO3. The Labute approximate surface area is 80.1 Å². The molecule has 4 heteroatoms. The van der Waals surface area contributed by atoms with E-state index in [2.05, 4.69) is 0 Å². The molecule has 0 aromatic heterocycles. The molecule has 1 heterocycles. The summed E-state index contributed by atoms with van der Waals surface area (Å²) < 4.78 is 18.3. The van der Waals surface area contributed by atoms with Crippen LogP contribution in [-0.2, 0) is 0 Å². The van der Waals surface area contributed by atoms with E-state index in [-0.39, 0.29) is 29.9 Å². The quantitative estimate of drug-likeness (QED) is 0.688. The van der Waals surface area contributed by atoms with Gasteiger partial charge >= 0.3 is 0 Å². The van der Waals surface area contributed by atoms with Crippen molar-refractivity contribution in [2.24, 2.45) is 0 Å². The second-order valence-electron chi connectivity index (χ2n) is 3.23. The van der Waals surface area contributed by atoms with Crippen LogP contribution in [0.5, 0.6) is 11.5 Å². The van der Waals surface area contributed by atoms with Crippen LogP contribution in [0, 0.1) is 12.7 Å². The first-order chi connectivity index (χ1) is 6.61. The number of ether oxygens (including phenoxy) is 1. The first kappa shape index (κ1) is 8.99. The summed E-state index contributed by atoms with van der Waals surface area (Å²) in [5.41, 5.74) is 0.511. The maximum Gasteiger partial charge on any atom is 0.170 e. The smallest absolute Gasteiger partial charge is 0.170 e. The van der Waals surface area contributed by atoms with E-state index in [9.17, 15) is 14.3 Å². The van der Waals surface area contributed by atoms with E-state index >= 15 is 0 Å². The van der Waals surface area contributed by atoms with Crippen LogP contribution in [0.4, 0.5) is 4.39 Å². The first-order valence-electron chi connectivity index (χ1n) is 4.29. The van der Waals surface area contributed by atoms with E-state index < -0.39 is 11.6 Å². The van der Waals surface area contributed by atoms with Gasteiger partial charge in [0.2, 0.25) is 0 Å². The third kappa shape index (κ3) is 1.14. The summed E-state index contributed by atoms with van der Waals surface area (Å²) in [6, 6.07) is 1.03. The fourth-order valence-corrected chi connectivity index (χ4v) is 1.52. The van der Waals surface area contributed by atoms with Crippen LogP contribution in [0.3, 0.4) is 0 Å². The van der Waals surface area contributed by atoms with Gasteiger partial charge in [0.1, 0.15) is 5.75 Å². The molecular weight excluding hydrogens is 187 g/mol. The van der Waals surface area contributed by atoms with Gasteiger partial charge in [0.25, 0.3) is 0 Å². The standard InChI is InChI=1S/C10H9FO3/c1-5-9(13)7(11)4-6-8(12)2-3-14-10(5)6/h4,13H,2-3H2,1H3. The lowest BCUT2D eigenvalue weighted by atomic mass is 10.0. The molecule has 1 aliphatic rings. The number of fused-ring (bicyclic) bond motifs is 1. The molecule has 1 N–H and O–H groups in total. The molecule has 0 saturated heterocycles. The Kier molecular flexibility index (Phi) is 1.91. The maximum absolute atomic E-state index is 13.1. The highest BCUT2D eigenvalue weighted by Gasteiger charge is 2.24. The molecule has 0 atom stereocenters. The van der Waals surface area contributed by atoms with Crippen LogP contribution in [0.15, 0.2) is 6.07 Å². The molecule has 14 heavy (non-hydrogen) atoms. The number of aromatic hydroxyl groups is 1. The zero-order chi connectivity index (χ0) is 10.3. The summed E-state index contributed by atoms with van der Waals surface area (Å²) in [5.74, 6) is -1.06. The molecule has 0 fully saturated rings. The minimum atomic E-state index is -0.778. The number of ketones is 1. The van der Waals surface area contributed by atoms with Crippen LogP contribution >= 0.6 is 0 Å². The molecule has 0 unspecified atom stereocenters.